The van der Waals surface area contributed by atoms with Crippen molar-refractivity contribution in [2.24, 2.45) is 0 Å². The van der Waals surface area contributed by atoms with Gasteiger partial charge in [-0.05, 0) is 96.5 Å². The number of rotatable bonds is 13. The molecule has 0 amide bonds. The normalized spacial score (nSPS) is 13.3. The number of hydrogen-bond acceptors (Lipinski definition) is 7. The molecule has 46 heavy (non-hydrogen) atoms. The van der Waals surface area contributed by atoms with Crippen LogP contribution in [0.4, 0.5) is 17.1 Å². The molecule has 3 aromatic carbocycles. The van der Waals surface area contributed by atoms with Gasteiger partial charge in [-0.25, -0.2) is 4.79 Å². The highest BCUT2D eigenvalue weighted by Crippen LogP contribution is 2.32. The van der Waals surface area contributed by atoms with E-state index in [0.717, 1.165) is 53.8 Å². The summed E-state index contributed by atoms with van der Waals surface area (Å²) in [5.74, 6) is -0.601. The standard InChI is InChI=1S/C24H37BrN2O4.C12H9Cl2N/c1-3-27(21-11-7-4-5-8-12-21)17-20-15-19(16-22(25)23(20)26)24(29)31-14-10-6-9-13-30-18(2)28;13-10-7-4-8-11(14)12(10)15-9-5-2-1-3-6-9/h15-16,21H,3-14,17,26H2,1-2H3;1-8,15H. The molecule has 250 valence electrons. The molecular formula is C36H46BrCl2N3O4. The van der Waals surface area contributed by atoms with Gasteiger partial charge in [-0.15, -0.1) is 0 Å². The van der Waals surface area contributed by atoms with Gasteiger partial charge in [0.15, 0.2) is 0 Å². The molecule has 3 aromatic rings. The van der Waals surface area contributed by atoms with E-state index < -0.39 is 0 Å². The molecule has 3 N–H and O–H groups in total. The monoisotopic (exact) mass is 733 g/mol. The van der Waals surface area contributed by atoms with Crippen molar-refractivity contribution in [2.75, 3.05) is 30.8 Å². The highest BCUT2D eigenvalue weighted by molar-refractivity contribution is 9.10. The SMILES string of the molecule is CCN(Cc1cc(C(=O)OCCCCCOC(C)=O)cc(Br)c1N)C1CCCCCC1.Clc1cccc(Cl)c1Nc1ccccc1. The van der Waals surface area contributed by atoms with Gasteiger partial charge < -0.3 is 20.5 Å². The summed E-state index contributed by atoms with van der Waals surface area (Å²) in [4.78, 5) is 25.8. The third-order valence-electron chi connectivity index (χ3n) is 7.90. The highest BCUT2D eigenvalue weighted by Gasteiger charge is 2.21. The second-order valence-electron chi connectivity index (χ2n) is 11.4. The van der Waals surface area contributed by atoms with E-state index in [1.807, 2.05) is 42.5 Å². The molecule has 0 spiro atoms. The first-order valence-corrected chi connectivity index (χ1v) is 17.6. The molecular weight excluding hydrogens is 689 g/mol. The Labute approximate surface area is 292 Å². The van der Waals surface area contributed by atoms with Crippen LogP contribution in [-0.4, -0.2) is 42.6 Å². The molecule has 0 saturated heterocycles. The fourth-order valence-corrected chi connectivity index (χ4v) is 6.39. The lowest BCUT2D eigenvalue weighted by Crippen LogP contribution is -2.34. The average Bonchev–Trinajstić information content (AvgIpc) is 3.33. The Morgan fingerprint density at radius 1 is 0.913 bits per heavy atom. The van der Waals surface area contributed by atoms with Crippen molar-refractivity contribution in [3.8, 4) is 0 Å². The van der Waals surface area contributed by atoms with E-state index in [1.54, 1.807) is 18.2 Å². The van der Waals surface area contributed by atoms with Crippen LogP contribution in [0.2, 0.25) is 10.0 Å². The molecule has 0 bridgehead atoms. The number of para-hydroxylation sites is 2. The van der Waals surface area contributed by atoms with Crippen molar-refractivity contribution in [1.29, 1.82) is 0 Å². The van der Waals surface area contributed by atoms with Gasteiger partial charge in [0, 0.05) is 29.7 Å². The summed E-state index contributed by atoms with van der Waals surface area (Å²) in [7, 11) is 0. The number of anilines is 3. The zero-order valence-electron chi connectivity index (χ0n) is 26.8. The Kier molecular flexibility index (Phi) is 16.8. The minimum Gasteiger partial charge on any atom is -0.466 e. The summed E-state index contributed by atoms with van der Waals surface area (Å²) in [5, 5.41) is 4.41. The van der Waals surface area contributed by atoms with Crippen molar-refractivity contribution in [1.82, 2.24) is 4.90 Å². The quantitative estimate of drug-likeness (QED) is 0.0781. The van der Waals surface area contributed by atoms with Crippen LogP contribution in [-0.2, 0) is 20.8 Å². The summed E-state index contributed by atoms with van der Waals surface area (Å²) in [6.45, 7) is 6.05. The third kappa shape index (κ3) is 12.8. The van der Waals surface area contributed by atoms with Crippen LogP contribution >= 0.6 is 39.1 Å². The molecule has 4 rings (SSSR count). The number of carbonyl (C=O) groups is 2. The third-order valence-corrected chi connectivity index (χ3v) is 9.19. The van der Waals surface area contributed by atoms with Crippen molar-refractivity contribution in [3.05, 3.63) is 86.3 Å². The molecule has 0 aliphatic heterocycles. The van der Waals surface area contributed by atoms with Gasteiger partial charge in [-0.3, -0.25) is 9.69 Å². The molecule has 0 heterocycles. The molecule has 1 saturated carbocycles. The zero-order valence-corrected chi connectivity index (χ0v) is 29.9. The van der Waals surface area contributed by atoms with Crippen molar-refractivity contribution < 1.29 is 19.1 Å². The van der Waals surface area contributed by atoms with Crippen LogP contribution in [0.25, 0.3) is 0 Å². The van der Waals surface area contributed by atoms with Gasteiger partial charge in [-0.2, -0.15) is 0 Å². The van der Waals surface area contributed by atoms with Gasteiger partial charge >= 0.3 is 11.9 Å². The molecule has 0 atom stereocenters. The molecule has 0 aromatic heterocycles. The first-order valence-electron chi connectivity index (χ1n) is 16.1. The number of carbonyl (C=O) groups excluding carboxylic acids is 2. The predicted octanol–water partition coefficient (Wildman–Crippen LogP) is 10.2. The van der Waals surface area contributed by atoms with E-state index in [1.165, 1.54) is 45.4 Å². The lowest BCUT2D eigenvalue weighted by atomic mass is 10.0. The minimum atomic E-state index is -0.334. The number of halogens is 3. The van der Waals surface area contributed by atoms with Gasteiger partial charge in [0.2, 0.25) is 0 Å². The maximum absolute atomic E-state index is 12.6. The minimum absolute atomic E-state index is 0.267. The first kappa shape index (κ1) is 37.7. The number of hydrogen-bond donors (Lipinski definition) is 2. The lowest BCUT2D eigenvalue weighted by Gasteiger charge is -2.30. The van der Waals surface area contributed by atoms with Crippen LogP contribution in [0, 0.1) is 0 Å². The van der Waals surface area contributed by atoms with Crippen LogP contribution in [0.5, 0.6) is 0 Å². The molecule has 10 heteroatoms. The Bertz CT molecular complexity index is 1360. The van der Waals surface area contributed by atoms with E-state index in [0.29, 0.717) is 40.6 Å². The fourth-order valence-electron chi connectivity index (χ4n) is 5.39. The van der Waals surface area contributed by atoms with Crippen molar-refractivity contribution in [3.63, 3.8) is 0 Å². The number of nitrogens with two attached hydrogens (primary N) is 1. The first-order chi connectivity index (χ1) is 22.2. The smallest absolute Gasteiger partial charge is 0.338 e. The van der Waals surface area contributed by atoms with E-state index in [-0.39, 0.29) is 11.9 Å². The highest BCUT2D eigenvalue weighted by atomic mass is 79.9. The second-order valence-corrected chi connectivity index (χ2v) is 13.0. The van der Waals surface area contributed by atoms with E-state index >= 15 is 0 Å². The fraction of sp³-hybridized carbons (Fsp3) is 0.444. The average molecular weight is 736 g/mol. The van der Waals surface area contributed by atoms with Crippen LogP contribution in [0.15, 0.2) is 65.1 Å². The summed E-state index contributed by atoms with van der Waals surface area (Å²) in [5.41, 5.74) is 10.2. The number of nitrogen functional groups attached to an aromatic ring is 1. The maximum atomic E-state index is 12.6. The predicted molar refractivity (Wildman–Crippen MR) is 193 cm³/mol. The van der Waals surface area contributed by atoms with E-state index in [4.69, 9.17) is 38.4 Å². The summed E-state index contributed by atoms with van der Waals surface area (Å²) in [6.07, 6.45) is 10.0. The number of nitrogens with zero attached hydrogens (tertiary/aromatic N) is 1. The Morgan fingerprint density at radius 2 is 1.54 bits per heavy atom. The zero-order chi connectivity index (χ0) is 33.3. The van der Waals surface area contributed by atoms with Crippen LogP contribution in [0.1, 0.15) is 87.6 Å². The maximum Gasteiger partial charge on any atom is 0.338 e. The Morgan fingerprint density at radius 3 is 2.15 bits per heavy atom. The van der Waals surface area contributed by atoms with Gasteiger partial charge in [0.05, 0.1) is 40.2 Å². The molecule has 1 aliphatic rings. The van der Waals surface area contributed by atoms with Gasteiger partial charge in [0.1, 0.15) is 0 Å². The van der Waals surface area contributed by atoms with Gasteiger partial charge in [-0.1, -0.05) is 80.1 Å². The Hall–Kier alpha value is -2.78. The topological polar surface area (TPSA) is 93.9 Å². The number of nitrogens with one attached hydrogen (secondary N) is 1. The number of benzene rings is 3. The van der Waals surface area contributed by atoms with Crippen LogP contribution in [0.3, 0.4) is 0 Å². The summed E-state index contributed by atoms with van der Waals surface area (Å²) >= 11 is 15.6. The van der Waals surface area contributed by atoms with Gasteiger partial charge in [0.25, 0.3) is 0 Å². The van der Waals surface area contributed by atoms with Crippen LogP contribution < -0.4 is 11.1 Å². The summed E-state index contributed by atoms with van der Waals surface area (Å²) in [6, 6.07) is 19.4. The molecule has 1 fully saturated rings. The largest absolute Gasteiger partial charge is 0.466 e. The van der Waals surface area contributed by atoms with E-state index in [9.17, 15) is 9.59 Å². The molecule has 0 unspecified atom stereocenters. The second kappa shape index (κ2) is 20.5. The number of ether oxygens (including phenoxy) is 2. The molecule has 0 radical (unpaired) electrons. The molecule has 1 aliphatic carbocycles. The molecule has 7 nitrogen and oxygen atoms in total. The summed E-state index contributed by atoms with van der Waals surface area (Å²) < 4.78 is 11.1. The van der Waals surface area contributed by atoms with Crippen molar-refractivity contribution in [2.45, 2.75) is 84.2 Å². The Balaban J connectivity index is 0.000000318. The van der Waals surface area contributed by atoms with Crippen molar-refractivity contribution >= 4 is 68.1 Å². The number of unbranched alkanes of at least 4 members (excludes halogenated alkanes) is 2. The van der Waals surface area contributed by atoms with E-state index in [2.05, 4.69) is 33.1 Å². The lowest BCUT2D eigenvalue weighted by molar-refractivity contribution is -0.141. The number of esters is 2.